The molecule has 2 bridgehead atoms. The molecule has 1 saturated carbocycles. The number of halogens is 1. The molecule has 2 aliphatic rings. The average Bonchev–Trinajstić information content (AvgIpc) is 2.59. The second-order valence-corrected chi connectivity index (χ2v) is 7.02. The van der Waals surface area contributed by atoms with Crippen LogP contribution in [0.15, 0.2) is 24.3 Å². The summed E-state index contributed by atoms with van der Waals surface area (Å²) in [7, 11) is 3.56. The summed E-state index contributed by atoms with van der Waals surface area (Å²) in [6, 6.07) is 7.72. The quantitative estimate of drug-likeness (QED) is 0.837. The zero-order chi connectivity index (χ0) is 17.2. The lowest BCUT2D eigenvalue weighted by molar-refractivity contribution is -0.170. The molecule has 1 aromatic carbocycles. The average molecular weight is 369 g/mol. The second kappa shape index (κ2) is 8.49. The minimum Gasteiger partial charge on any atom is -0.383 e. The minimum absolute atomic E-state index is 0. The van der Waals surface area contributed by atoms with Crippen LogP contribution in [0, 0.1) is 11.8 Å². The second-order valence-electron chi connectivity index (χ2n) is 7.02. The first-order valence-electron chi connectivity index (χ1n) is 8.78. The number of hydrogen-bond donors (Lipinski definition) is 1. The van der Waals surface area contributed by atoms with E-state index in [1.165, 1.54) is 6.42 Å². The summed E-state index contributed by atoms with van der Waals surface area (Å²) in [6.07, 6.45) is 3.54. The van der Waals surface area contributed by atoms with Crippen LogP contribution in [0.3, 0.4) is 0 Å². The smallest absolute Gasteiger partial charge is 0.248 e. The van der Waals surface area contributed by atoms with Crippen molar-refractivity contribution in [2.75, 3.05) is 40.5 Å². The summed E-state index contributed by atoms with van der Waals surface area (Å²) in [5.74, 6) is 0.468. The number of ether oxygens (including phenoxy) is 2. The van der Waals surface area contributed by atoms with Gasteiger partial charge in [0.15, 0.2) is 0 Å². The molecule has 1 amide bonds. The number of fused-ring (bicyclic) bond motifs is 2. The van der Waals surface area contributed by atoms with E-state index in [9.17, 15) is 4.79 Å². The van der Waals surface area contributed by atoms with Crippen molar-refractivity contribution < 1.29 is 14.3 Å². The Morgan fingerprint density at radius 3 is 2.52 bits per heavy atom. The first kappa shape index (κ1) is 20.2. The van der Waals surface area contributed by atoms with E-state index in [4.69, 9.17) is 15.2 Å². The molecule has 25 heavy (non-hydrogen) atoms. The SMILES string of the molecule is COCCN1C[C@H]2CCC[C@@H](C1)[C@]2(OC)c1cccc(C(N)=O)c1.Cl. The van der Waals surface area contributed by atoms with E-state index in [-0.39, 0.29) is 23.9 Å². The molecule has 0 unspecified atom stereocenters. The van der Waals surface area contributed by atoms with Crippen molar-refractivity contribution in [3.05, 3.63) is 35.4 Å². The van der Waals surface area contributed by atoms with Crippen LogP contribution in [0.25, 0.3) is 0 Å². The van der Waals surface area contributed by atoms with Crippen molar-refractivity contribution in [1.29, 1.82) is 0 Å². The van der Waals surface area contributed by atoms with Crippen molar-refractivity contribution in [2.45, 2.75) is 24.9 Å². The largest absolute Gasteiger partial charge is 0.383 e. The predicted octanol–water partition coefficient (Wildman–Crippen LogP) is 2.43. The number of methoxy groups -OCH3 is 2. The van der Waals surface area contributed by atoms with Gasteiger partial charge in [-0.1, -0.05) is 18.6 Å². The Labute approximate surface area is 156 Å². The molecule has 0 radical (unpaired) electrons. The third-order valence-electron chi connectivity index (χ3n) is 5.82. The normalized spacial score (nSPS) is 29.0. The molecular formula is C19H29ClN2O3. The zero-order valence-electron chi connectivity index (χ0n) is 15.1. The molecule has 5 nitrogen and oxygen atoms in total. The molecule has 0 aromatic heterocycles. The Morgan fingerprint density at radius 1 is 1.28 bits per heavy atom. The van der Waals surface area contributed by atoms with E-state index in [2.05, 4.69) is 11.0 Å². The number of carbonyl (C=O) groups is 1. The number of likely N-dealkylation sites (tertiary alicyclic amines) is 1. The summed E-state index contributed by atoms with van der Waals surface area (Å²) >= 11 is 0. The molecule has 140 valence electrons. The molecule has 1 aliphatic carbocycles. The van der Waals surface area contributed by atoms with E-state index in [1.807, 2.05) is 19.2 Å². The van der Waals surface area contributed by atoms with Gasteiger partial charge in [-0.05, 0) is 30.5 Å². The summed E-state index contributed by atoms with van der Waals surface area (Å²) in [5, 5.41) is 0. The molecule has 1 aliphatic heterocycles. The van der Waals surface area contributed by atoms with E-state index in [1.54, 1.807) is 13.2 Å². The fraction of sp³-hybridized carbons (Fsp3) is 0.632. The standard InChI is InChI=1S/C19H28N2O3.ClH/c1-23-10-9-21-12-16-7-4-8-17(13-21)19(16,24-2)15-6-3-5-14(11-15)18(20)22;/h3,5-6,11,16-17H,4,7-10,12-13H2,1-2H3,(H2,20,22);1H/t16-,17+,19+;. The minimum atomic E-state index is -0.384. The third-order valence-corrected chi connectivity index (χ3v) is 5.82. The Bertz CT molecular complexity index is 582. The van der Waals surface area contributed by atoms with Gasteiger partial charge in [0, 0.05) is 51.3 Å². The zero-order valence-corrected chi connectivity index (χ0v) is 15.9. The van der Waals surface area contributed by atoms with Crippen LogP contribution in [0.4, 0.5) is 0 Å². The molecule has 6 heteroatoms. The van der Waals surface area contributed by atoms with Gasteiger partial charge in [0.2, 0.25) is 5.91 Å². The van der Waals surface area contributed by atoms with E-state index in [0.717, 1.165) is 44.6 Å². The van der Waals surface area contributed by atoms with Crippen molar-refractivity contribution >= 4 is 18.3 Å². The number of amides is 1. The van der Waals surface area contributed by atoms with Crippen molar-refractivity contribution in [3.8, 4) is 0 Å². The molecule has 1 aromatic rings. The van der Waals surface area contributed by atoms with Gasteiger partial charge in [-0.25, -0.2) is 0 Å². The Kier molecular flexibility index (Phi) is 6.86. The highest BCUT2D eigenvalue weighted by Gasteiger charge is 2.53. The fourth-order valence-electron chi connectivity index (χ4n) is 4.77. The van der Waals surface area contributed by atoms with Gasteiger partial charge in [-0.3, -0.25) is 4.79 Å². The number of hydrogen-bond acceptors (Lipinski definition) is 4. The lowest BCUT2D eigenvalue weighted by Gasteiger charge is -2.55. The monoisotopic (exact) mass is 368 g/mol. The van der Waals surface area contributed by atoms with Gasteiger partial charge in [0.1, 0.15) is 5.60 Å². The van der Waals surface area contributed by atoms with Gasteiger partial charge in [-0.15, -0.1) is 12.4 Å². The maximum Gasteiger partial charge on any atom is 0.248 e. The Hall–Kier alpha value is -1.14. The maximum absolute atomic E-state index is 11.6. The number of rotatable bonds is 6. The third kappa shape index (κ3) is 3.70. The maximum atomic E-state index is 11.6. The van der Waals surface area contributed by atoms with Gasteiger partial charge in [-0.2, -0.15) is 0 Å². The molecule has 2 fully saturated rings. The van der Waals surface area contributed by atoms with Crippen LogP contribution in [0.1, 0.15) is 35.2 Å². The van der Waals surface area contributed by atoms with E-state index in [0.29, 0.717) is 17.4 Å². The van der Waals surface area contributed by atoms with E-state index >= 15 is 0 Å². The lowest BCUT2D eigenvalue weighted by Crippen LogP contribution is -2.59. The summed E-state index contributed by atoms with van der Waals surface area (Å²) in [6.45, 7) is 3.74. The topological polar surface area (TPSA) is 64.8 Å². The van der Waals surface area contributed by atoms with Crippen LogP contribution in [-0.4, -0.2) is 51.3 Å². The Morgan fingerprint density at radius 2 is 1.96 bits per heavy atom. The highest BCUT2D eigenvalue weighted by atomic mass is 35.5. The van der Waals surface area contributed by atoms with Crippen LogP contribution in [0.5, 0.6) is 0 Å². The number of benzene rings is 1. The highest BCUT2D eigenvalue weighted by Crippen LogP contribution is 2.51. The first-order valence-corrected chi connectivity index (χ1v) is 8.78. The number of nitrogens with two attached hydrogens (primary N) is 1. The van der Waals surface area contributed by atoms with Crippen molar-refractivity contribution in [1.82, 2.24) is 4.90 Å². The Balaban J connectivity index is 0.00000225. The number of carbonyl (C=O) groups excluding carboxylic acids is 1. The van der Waals surface area contributed by atoms with Crippen LogP contribution in [-0.2, 0) is 15.1 Å². The highest BCUT2D eigenvalue weighted by molar-refractivity contribution is 5.92. The predicted molar refractivity (Wildman–Crippen MR) is 100 cm³/mol. The molecule has 2 N–H and O–H groups in total. The van der Waals surface area contributed by atoms with Crippen LogP contribution >= 0.6 is 12.4 Å². The molecule has 0 spiro atoms. The fourth-order valence-corrected chi connectivity index (χ4v) is 4.77. The lowest BCUT2D eigenvalue weighted by atomic mass is 9.62. The summed E-state index contributed by atoms with van der Waals surface area (Å²) < 4.78 is 11.5. The van der Waals surface area contributed by atoms with Gasteiger partial charge in [0.05, 0.1) is 6.61 Å². The number of nitrogens with zero attached hydrogens (tertiary/aromatic N) is 1. The molecule has 1 saturated heterocycles. The first-order chi connectivity index (χ1) is 11.6. The number of primary amides is 1. The molecular weight excluding hydrogens is 340 g/mol. The van der Waals surface area contributed by atoms with Gasteiger partial charge < -0.3 is 20.1 Å². The molecule has 3 rings (SSSR count). The molecule has 1 heterocycles. The van der Waals surface area contributed by atoms with Crippen LogP contribution in [0.2, 0.25) is 0 Å². The van der Waals surface area contributed by atoms with E-state index < -0.39 is 0 Å². The van der Waals surface area contributed by atoms with Crippen molar-refractivity contribution in [2.24, 2.45) is 17.6 Å². The number of piperidine rings is 1. The van der Waals surface area contributed by atoms with Gasteiger partial charge >= 0.3 is 0 Å². The van der Waals surface area contributed by atoms with Crippen molar-refractivity contribution in [3.63, 3.8) is 0 Å². The van der Waals surface area contributed by atoms with Crippen LogP contribution < -0.4 is 5.73 Å². The van der Waals surface area contributed by atoms with Gasteiger partial charge in [0.25, 0.3) is 0 Å². The summed E-state index contributed by atoms with van der Waals surface area (Å²) in [5.41, 5.74) is 6.83. The molecule has 3 atom stereocenters. The summed E-state index contributed by atoms with van der Waals surface area (Å²) in [4.78, 5) is 14.1.